The highest BCUT2D eigenvalue weighted by Gasteiger charge is 2.37. The molecule has 132 valence electrons. The van der Waals surface area contributed by atoms with Crippen molar-refractivity contribution >= 4 is 17.5 Å². The summed E-state index contributed by atoms with van der Waals surface area (Å²) in [6, 6.07) is 8.50. The zero-order chi connectivity index (χ0) is 17.9. The van der Waals surface area contributed by atoms with E-state index in [9.17, 15) is 14.7 Å². The third-order valence-electron chi connectivity index (χ3n) is 4.34. The van der Waals surface area contributed by atoms with E-state index in [2.05, 4.69) is 10.6 Å². The molecule has 25 heavy (non-hydrogen) atoms. The molecule has 3 rings (SSSR count). The number of hydrogen-bond donors (Lipinski definition) is 3. The van der Waals surface area contributed by atoms with Crippen LogP contribution < -0.4 is 15.4 Å². The number of rotatable bonds is 4. The van der Waals surface area contributed by atoms with Crippen molar-refractivity contribution in [2.24, 2.45) is 0 Å². The number of para-hydroxylation sites is 2. The molecule has 0 saturated heterocycles. The lowest BCUT2D eigenvalue weighted by molar-refractivity contribution is -0.137. The van der Waals surface area contributed by atoms with Crippen molar-refractivity contribution in [2.75, 3.05) is 19.0 Å². The minimum atomic E-state index is -1.22. The van der Waals surface area contributed by atoms with E-state index in [1.54, 1.807) is 30.3 Å². The van der Waals surface area contributed by atoms with Crippen LogP contribution in [-0.2, 0) is 21.6 Å². The monoisotopic (exact) mass is 344 g/mol. The quantitative estimate of drug-likeness (QED) is 0.731. The van der Waals surface area contributed by atoms with Gasteiger partial charge in [0.2, 0.25) is 0 Å². The van der Waals surface area contributed by atoms with Crippen LogP contribution >= 0.6 is 0 Å². The summed E-state index contributed by atoms with van der Waals surface area (Å²) < 4.78 is 10.5. The number of methoxy groups -OCH3 is 1. The Bertz CT molecular complexity index is 785. The van der Waals surface area contributed by atoms with Gasteiger partial charge in [-0.3, -0.25) is 9.59 Å². The molecule has 1 aromatic heterocycles. The molecule has 7 heteroatoms. The fourth-order valence-corrected chi connectivity index (χ4v) is 3.04. The number of aliphatic hydroxyl groups is 1. The maximum atomic E-state index is 12.1. The van der Waals surface area contributed by atoms with Crippen LogP contribution in [0.15, 0.2) is 41.0 Å². The van der Waals surface area contributed by atoms with E-state index in [1.165, 1.54) is 13.4 Å². The molecule has 1 aromatic carbocycles. The molecule has 0 spiro atoms. The Morgan fingerprint density at radius 2 is 2.08 bits per heavy atom. The molecule has 1 unspecified atom stereocenters. The summed E-state index contributed by atoms with van der Waals surface area (Å²) in [5.74, 6) is -0.467. The first-order chi connectivity index (χ1) is 12.0. The fourth-order valence-electron chi connectivity index (χ4n) is 3.04. The number of fused-ring (bicyclic) bond motifs is 1. The molecule has 1 aliphatic rings. The second-order valence-corrected chi connectivity index (χ2v) is 5.98. The van der Waals surface area contributed by atoms with Crippen molar-refractivity contribution in [1.82, 2.24) is 5.32 Å². The second kappa shape index (κ2) is 6.98. The topological polar surface area (TPSA) is 101 Å². The van der Waals surface area contributed by atoms with Crippen molar-refractivity contribution < 1.29 is 23.8 Å². The van der Waals surface area contributed by atoms with Gasteiger partial charge in [-0.05, 0) is 31.0 Å². The number of furan rings is 1. The fraction of sp³-hybridized carbons (Fsp3) is 0.333. The molecule has 0 bridgehead atoms. The predicted molar refractivity (Wildman–Crippen MR) is 90.2 cm³/mol. The Balaban J connectivity index is 1.62. The van der Waals surface area contributed by atoms with Crippen LogP contribution in [0.1, 0.15) is 24.2 Å². The molecule has 1 atom stereocenters. The van der Waals surface area contributed by atoms with Gasteiger partial charge in [-0.1, -0.05) is 12.1 Å². The average molecular weight is 344 g/mol. The highest BCUT2D eigenvalue weighted by molar-refractivity contribution is 6.39. The summed E-state index contributed by atoms with van der Waals surface area (Å²) >= 11 is 0. The molecule has 3 N–H and O–H groups in total. The summed E-state index contributed by atoms with van der Waals surface area (Å²) in [6.45, 7) is -0.0578. The Labute approximate surface area is 145 Å². The molecule has 0 aliphatic heterocycles. The predicted octanol–water partition coefficient (Wildman–Crippen LogP) is 1.57. The van der Waals surface area contributed by atoms with E-state index < -0.39 is 17.4 Å². The minimum Gasteiger partial charge on any atom is -0.495 e. The van der Waals surface area contributed by atoms with Crippen LogP contribution in [0.25, 0.3) is 0 Å². The lowest BCUT2D eigenvalue weighted by Gasteiger charge is -2.31. The molecule has 0 fully saturated rings. The lowest BCUT2D eigenvalue weighted by atomic mass is 9.83. The second-order valence-electron chi connectivity index (χ2n) is 5.98. The molecule has 0 radical (unpaired) electrons. The Morgan fingerprint density at radius 1 is 1.28 bits per heavy atom. The van der Waals surface area contributed by atoms with Gasteiger partial charge in [-0.25, -0.2) is 0 Å². The molecule has 1 aliphatic carbocycles. The Kier molecular flexibility index (Phi) is 4.76. The first kappa shape index (κ1) is 17.0. The zero-order valence-corrected chi connectivity index (χ0v) is 13.9. The number of hydrogen-bond acceptors (Lipinski definition) is 5. The third kappa shape index (κ3) is 3.51. The highest BCUT2D eigenvalue weighted by atomic mass is 16.5. The van der Waals surface area contributed by atoms with Gasteiger partial charge < -0.3 is 24.9 Å². The summed E-state index contributed by atoms with van der Waals surface area (Å²) in [5, 5.41) is 15.8. The van der Waals surface area contributed by atoms with E-state index in [0.717, 1.165) is 18.6 Å². The summed E-state index contributed by atoms with van der Waals surface area (Å²) in [7, 11) is 1.48. The molecular formula is C18H20N2O5. The largest absolute Gasteiger partial charge is 0.495 e. The van der Waals surface area contributed by atoms with Crippen LogP contribution in [0.4, 0.5) is 5.69 Å². The van der Waals surface area contributed by atoms with Gasteiger partial charge in [-0.2, -0.15) is 0 Å². The average Bonchev–Trinajstić information content (AvgIpc) is 3.11. The van der Waals surface area contributed by atoms with Crippen LogP contribution in [0, 0.1) is 0 Å². The SMILES string of the molecule is COc1ccccc1NC(=O)C(=O)NCC1(O)CCCc2occc21. The maximum Gasteiger partial charge on any atom is 0.313 e. The Hall–Kier alpha value is -2.80. The van der Waals surface area contributed by atoms with Gasteiger partial charge in [0.05, 0.1) is 25.6 Å². The van der Waals surface area contributed by atoms with E-state index >= 15 is 0 Å². The van der Waals surface area contributed by atoms with E-state index in [-0.39, 0.29) is 6.54 Å². The van der Waals surface area contributed by atoms with Crippen molar-refractivity contribution in [3.8, 4) is 5.75 Å². The van der Waals surface area contributed by atoms with Crippen molar-refractivity contribution in [3.05, 3.63) is 47.9 Å². The van der Waals surface area contributed by atoms with Crippen molar-refractivity contribution in [2.45, 2.75) is 24.9 Å². The molecular weight excluding hydrogens is 324 g/mol. The standard InChI is InChI=1S/C18H20N2O5/c1-24-15-6-3-2-5-13(15)20-17(22)16(21)19-11-18(23)9-4-7-14-12(18)8-10-25-14/h2-3,5-6,8,10,23H,4,7,9,11H2,1H3,(H,19,21)(H,20,22). The van der Waals surface area contributed by atoms with Gasteiger partial charge in [0.1, 0.15) is 17.1 Å². The van der Waals surface area contributed by atoms with Gasteiger partial charge in [-0.15, -0.1) is 0 Å². The van der Waals surface area contributed by atoms with Crippen molar-refractivity contribution in [3.63, 3.8) is 0 Å². The number of carbonyl (C=O) groups is 2. The first-order valence-electron chi connectivity index (χ1n) is 8.05. The van der Waals surface area contributed by atoms with Gasteiger partial charge in [0.15, 0.2) is 0 Å². The maximum absolute atomic E-state index is 12.1. The van der Waals surface area contributed by atoms with Crippen molar-refractivity contribution in [1.29, 1.82) is 0 Å². The highest BCUT2D eigenvalue weighted by Crippen LogP contribution is 2.35. The molecule has 1 heterocycles. The van der Waals surface area contributed by atoms with Crippen LogP contribution in [0.5, 0.6) is 5.75 Å². The number of anilines is 1. The van der Waals surface area contributed by atoms with Crippen LogP contribution in [0.2, 0.25) is 0 Å². The number of aryl methyl sites for hydroxylation is 1. The molecule has 7 nitrogen and oxygen atoms in total. The van der Waals surface area contributed by atoms with Gasteiger partial charge in [0, 0.05) is 12.0 Å². The number of benzene rings is 1. The smallest absolute Gasteiger partial charge is 0.313 e. The number of amides is 2. The van der Waals surface area contributed by atoms with Crippen LogP contribution in [0.3, 0.4) is 0 Å². The normalized spacial score (nSPS) is 19.0. The molecule has 0 saturated carbocycles. The van der Waals surface area contributed by atoms with E-state index in [0.29, 0.717) is 23.4 Å². The third-order valence-corrected chi connectivity index (χ3v) is 4.34. The number of nitrogens with one attached hydrogen (secondary N) is 2. The summed E-state index contributed by atoms with van der Waals surface area (Å²) in [4.78, 5) is 24.2. The number of ether oxygens (including phenoxy) is 1. The van der Waals surface area contributed by atoms with E-state index in [1.807, 2.05) is 0 Å². The lowest BCUT2D eigenvalue weighted by Crippen LogP contribution is -2.45. The summed E-state index contributed by atoms with van der Waals surface area (Å²) in [6.07, 6.45) is 3.53. The first-order valence-corrected chi connectivity index (χ1v) is 8.05. The number of carbonyl (C=O) groups excluding carboxylic acids is 2. The van der Waals surface area contributed by atoms with Gasteiger partial charge >= 0.3 is 11.8 Å². The Morgan fingerprint density at radius 3 is 2.88 bits per heavy atom. The van der Waals surface area contributed by atoms with Gasteiger partial charge in [0.25, 0.3) is 0 Å². The van der Waals surface area contributed by atoms with Crippen LogP contribution in [-0.4, -0.2) is 30.6 Å². The minimum absolute atomic E-state index is 0.0578. The molecule has 2 amide bonds. The molecule has 2 aromatic rings. The zero-order valence-electron chi connectivity index (χ0n) is 13.9. The summed E-state index contributed by atoms with van der Waals surface area (Å²) in [5.41, 5.74) is -0.149. The van der Waals surface area contributed by atoms with E-state index in [4.69, 9.17) is 9.15 Å².